The summed E-state index contributed by atoms with van der Waals surface area (Å²) in [6, 6.07) is 3.60. The van der Waals surface area contributed by atoms with Crippen LogP contribution in [0.25, 0.3) is 0 Å². The molecule has 2 aliphatic carbocycles. The molecule has 28 heavy (non-hydrogen) atoms. The van der Waals surface area contributed by atoms with Gasteiger partial charge in [-0.15, -0.1) is 0 Å². The largest absolute Gasteiger partial charge is 0.493 e. The van der Waals surface area contributed by atoms with Crippen molar-refractivity contribution >= 4 is 34.0 Å². The van der Waals surface area contributed by atoms with Crippen LogP contribution in [0.1, 0.15) is 32.3 Å². The number of rotatable bonds is 6. The first kappa shape index (κ1) is 19.2. The van der Waals surface area contributed by atoms with E-state index in [0.717, 1.165) is 22.3 Å². The fraction of sp³-hybridized carbons (Fsp3) is 0.476. The highest BCUT2D eigenvalue weighted by Gasteiger charge is 2.59. The van der Waals surface area contributed by atoms with Crippen LogP contribution >= 0.6 is 15.9 Å². The lowest BCUT2D eigenvalue weighted by molar-refractivity contribution is -0.140. The number of allylic oxidation sites excluding steroid dienone is 2. The zero-order valence-electron chi connectivity index (χ0n) is 16.1. The zero-order valence-corrected chi connectivity index (χ0v) is 17.7. The molecule has 1 saturated carbocycles. The smallest absolute Gasteiger partial charge is 0.254 e. The lowest BCUT2D eigenvalue weighted by Gasteiger charge is -2.17. The van der Waals surface area contributed by atoms with E-state index in [9.17, 15) is 9.59 Å². The second-order valence-electron chi connectivity index (χ2n) is 7.59. The standard InChI is InChI=1S/C21H23BrN2O4/c1-4-11(2)28-17-9-15(22)14(8-16(17)27-3)10-23-24-20(25)18-12-5-6-13(7-12)19(18)21(24)26/h5-6,8-13,18-19H,4,7H2,1-3H3/t11-,12-,13-,18-,19+/m0/s1. The molecule has 1 heterocycles. The Morgan fingerprint density at radius 1 is 1.21 bits per heavy atom. The van der Waals surface area contributed by atoms with Gasteiger partial charge in [0, 0.05) is 10.0 Å². The summed E-state index contributed by atoms with van der Waals surface area (Å²) in [5.41, 5.74) is 0.701. The summed E-state index contributed by atoms with van der Waals surface area (Å²) >= 11 is 3.51. The van der Waals surface area contributed by atoms with Crippen molar-refractivity contribution in [2.45, 2.75) is 32.8 Å². The number of carbonyl (C=O) groups is 2. The molecule has 2 fully saturated rings. The van der Waals surface area contributed by atoms with Crippen molar-refractivity contribution in [1.82, 2.24) is 5.01 Å². The molecule has 3 aliphatic rings. The summed E-state index contributed by atoms with van der Waals surface area (Å²) in [5, 5.41) is 5.28. The van der Waals surface area contributed by atoms with E-state index < -0.39 is 0 Å². The number of halogens is 1. The van der Waals surface area contributed by atoms with E-state index in [0.29, 0.717) is 17.1 Å². The molecule has 1 aromatic carbocycles. The van der Waals surface area contributed by atoms with Gasteiger partial charge in [0.2, 0.25) is 0 Å². The van der Waals surface area contributed by atoms with Crippen LogP contribution in [-0.2, 0) is 9.59 Å². The van der Waals surface area contributed by atoms with Gasteiger partial charge >= 0.3 is 0 Å². The van der Waals surface area contributed by atoms with Gasteiger partial charge in [-0.25, -0.2) is 0 Å². The number of amides is 2. The molecule has 0 radical (unpaired) electrons. The Balaban J connectivity index is 1.57. The molecular weight excluding hydrogens is 424 g/mol. The number of imide groups is 1. The number of fused-ring (bicyclic) bond motifs is 5. The summed E-state index contributed by atoms with van der Waals surface area (Å²) in [6.45, 7) is 4.04. The number of hydrogen-bond donors (Lipinski definition) is 0. The van der Waals surface area contributed by atoms with E-state index in [1.54, 1.807) is 13.2 Å². The van der Waals surface area contributed by atoms with Gasteiger partial charge in [-0.3, -0.25) is 9.59 Å². The van der Waals surface area contributed by atoms with Crippen LogP contribution in [0.4, 0.5) is 0 Å². The average molecular weight is 447 g/mol. The van der Waals surface area contributed by atoms with Crippen molar-refractivity contribution in [1.29, 1.82) is 0 Å². The lowest BCUT2D eigenvalue weighted by atomic mass is 9.85. The summed E-state index contributed by atoms with van der Waals surface area (Å²) in [5.74, 6) is 0.680. The number of methoxy groups -OCH3 is 1. The quantitative estimate of drug-likeness (QED) is 0.378. The lowest BCUT2D eigenvalue weighted by Crippen LogP contribution is -2.28. The summed E-state index contributed by atoms with van der Waals surface area (Å²) in [7, 11) is 1.57. The number of hydrazone groups is 1. The molecule has 148 valence electrons. The van der Waals surface area contributed by atoms with E-state index in [2.05, 4.69) is 33.2 Å². The van der Waals surface area contributed by atoms with Crippen molar-refractivity contribution in [3.8, 4) is 11.5 Å². The van der Waals surface area contributed by atoms with Crippen molar-refractivity contribution in [2.24, 2.45) is 28.8 Å². The highest BCUT2D eigenvalue weighted by atomic mass is 79.9. The van der Waals surface area contributed by atoms with Crippen LogP contribution in [-0.4, -0.2) is 36.3 Å². The fourth-order valence-corrected chi connectivity index (χ4v) is 4.75. The third-order valence-electron chi connectivity index (χ3n) is 5.95. The molecule has 0 spiro atoms. The normalized spacial score (nSPS) is 29.1. The van der Waals surface area contributed by atoms with Crippen LogP contribution < -0.4 is 9.47 Å². The Bertz CT molecular complexity index is 851. The maximum Gasteiger partial charge on any atom is 0.254 e. The second-order valence-corrected chi connectivity index (χ2v) is 8.45. The third-order valence-corrected chi connectivity index (χ3v) is 6.63. The summed E-state index contributed by atoms with van der Waals surface area (Å²) in [4.78, 5) is 25.5. The van der Waals surface area contributed by atoms with Crippen molar-refractivity contribution in [3.63, 3.8) is 0 Å². The van der Waals surface area contributed by atoms with Crippen LogP contribution in [0, 0.1) is 23.7 Å². The zero-order chi connectivity index (χ0) is 20.0. The molecule has 1 aromatic rings. The van der Waals surface area contributed by atoms with Gasteiger partial charge in [0.15, 0.2) is 11.5 Å². The average Bonchev–Trinajstić information content (AvgIpc) is 3.36. The first-order chi connectivity index (χ1) is 13.4. The first-order valence-corrected chi connectivity index (χ1v) is 10.4. The van der Waals surface area contributed by atoms with Crippen LogP contribution in [0.3, 0.4) is 0 Å². The molecule has 7 heteroatoms. The topological polar surface area (TPSA) is 68.2 Å². The predicted molar refractivity (Wildman–Crippen MR) is 108 cm³/mol. The molecule has 2 bridgehead atoms. The summed E-state index contributed by atoms with van der Waals surface area (Å²) < 4.78 is 12.1. The van der Waals surface area contributed by atoms with Crippen molar-refractivity contribution in [2.75, 3.05) is 7.11 Å². The predicted octanol–water partition coefficient (Wildman–Crippen LogP) is 3.78. The van der Waals surface area contributed by atoms with Gasteiger partial charge in [0.25, 0.3) is 11.8 Å². The Hall–Kier alpha value is -2.15. The molecule has 0 N–H and O–H groups in total. The molecular formula is C21H23BrN2O4. The minimum Gasteiger partial charge on any atom is -0.493 e. The van der Waals surface area contributed by atoms with E-state index in [-0.39, 0.29) is 41.6 Å². The van der Waals surface area contributed by atoms with Gasteiger partial charge in [0.05, 0.1) is 31.3 Å². The highest BCUT2D eigenvalue weighted by molar-refractivity contribution is 9.10. The molecule has 5 atom stereocenters. The van der Waals surface area contributed by atoms with Crippen molar-refractivity contribution in [3.05, 3.63) is 34.3 Å². The summed E-state index contributed by atoms with van der Waals surface area (Å²) in [6.07, 6.45) is 7.51. The van der Waals surface area contributed by atoms with E-state index in [4.69, 9.17) is 9.47 Å². The van der Waals surface area contributed by atoms with Crippen LogP contribution in [0.15, 0.2) is 33.9 Å². The van der Waals surface area contributed by atoms with Crippen LogP contribution in [0.2, 0.25) is 0 Å². The Kier molecular flexibility index (Phi) is 5.04. The minimum absolute atomic E-state index is 0.0588. The number of hydrogen-bond acceptors (Lipinski definition) is 5. The highest BCUT2D eigenvalue weighted by Crippen LogP contribution is 2.52. The molecule has 4 rings (SSSR count). The minimum atomic E-state index is -0.246. The Morgan fingerprint density at radius 2 is 1.86 bits per heavy atom. The van der Waals surface area contributed by atoms with E-state index in [1.165, 1.54) is 6.21 Å². The Labute approximate surface area is 172 Å². The number of ether oxygens (including phenoxy) is 2. The molecule has 6 nitrogen and oxygen atoms in total. The van der Waals surface area contributed by atoms with Gasteiger partial charge in [-0.1, -0.05) is 19.1 Å². The molecule has 0 aromatic heterocycles. The number of benzene rings is 1. The van der Waals surface area contributed by atoms with E-state index >= 15 is 0 Å². The monoisotopic (exact) mass is 446 g/mol. The SMILES string of the molecule is CC[C@H](C)Oc1cc(Br)c(C=NN2C(=O)[C@@H]3[C@H](C2=O)[C@H]2C=C[C@H]3C2)cc1OC. The van der Waals surface area contributed by atoms with Gasteiger partial charge in [0.1, 0.15) is 0 Å². The maximum absolute atomic E-state index is 12.7. The first-order valence-electron chi connectivity index (χ1n) is 9.58. The number of carbonyl (C=O) groups excluding carboxylic acids is 2. The second kappa shape index (κ2) is 7.35. The molecule has 2 amide bonds. The van der Waals surface area contributed by atoms with Crippen molar-refractivity contribution < 1.29 is 19.1 Å². The Morgan fingerprint density at radius 3 is 2.43 bits per heavy atom. The fourth-order valence-electron chi connectivity index (χ4n) is 4.32. The van der Waals surface area contributed by atoms with Gasteiger partial charge in [-0.2, -0.15) is 10.1 Å². The molecule has 0 unspecified atom stereocenters. The van der Waals surface area contributed by atoms with Crippen LogP contribution in [0.5, 0.6) is 11.5 Å². The molecule has 1 aliphatic heterocycles. The van der Waals surface area contributed by atoms with Gasteiger partial charge < -0.3 is 9.47 Å². The van der Waals surface area contributed by atoms with Gasteiger partial charge in [-0.05, 0) is 59.7 Å². The van der Waals surface area contributed by atoms with E-state index in [1.807, 2.05) is 19.9 Å². The number of nitrogens with zero attached hydrogens (tertiary/aromatic N) is 2. The molecule has 1 saturated heterocycles. The third kappa shape index (κ3) is 3.05. The maximum atomic E-state index is 12.7.